The molecule has 10 heteroatoms. The molecule has 9 nitrogen and oxygen atoms in total. The van der Waals surface area contributed by atoms with Gasteiger partial charge in [-0.25, -0.2) is 4.57 Å². The van der Waals surface area contributed by atoms with Crippen molar-refractivity contribution in [1.82, 2.24) is 0 Å². The third-order valence-corrected chi connectivity index (χ3v) is 8.02. The molecule has 2 unspecified atom stereocenters. The minimum atomic E-state index is -4.30. The average Bonchev–Trinajstić information content (AvgIpc) is 2.89. The Morgan fingerprint density at radius 3 is 1.64 bits per heavy atom. The first-order valence-electron chi connectivity index (χ1n) is 16.6. The molecular weight excluding hydrogens is 557 g/mol. The maximum atomic E-state index is 12.3. The molecule has 0 aromatic heterocycles. The number of phosphoric ester groups is 1. The highest BCUT2D eigenvalue weighted by Crippen LogP contribution is 2.43. The second-order valence-electron chi connectivity index (χ2n) is 12.7. The summed E-state index contributed by atoms with van der Waals surface area (Å²) in [5, 5.41) is 0. The number of hydrogen-bond acceptors (Lipinski definition) is 7. The van der Waals surface area contributed by atoms with Gasteiger partial charge in [-0.2, -0.15) is 0 Å². The van der Waals surface area contributed by atoms with E-state index in [9.17, 15) is 19.0 Å². The van der Waals surface area contributed by atoms with E-state index >= 15 is 0 Å². The van der Waals surface area contributed by atoms with Gasteiger partial charge in [0.2, 0.25) is 0 Å². The lowest BCUT2D eigenvalue weighted by Crippen LogP contribution is -2.35. The van der Waals surface area contributed by atoms with E-state index in [0.717, 1.165) is 30.3 Å². The van der Waals surface area contributed by atoms with Crippen LogP contribution in [0, 0.1) is 0 Å². The van der Waals surface area contributed by atoms with E-state index in [0.29, 0.717) is 13.0 Å². The van der Waals surface area contributed by atoms with E-state index in [1.165, 1.54) is 96.8 Å². The molecule has 0 heterocycles. The molecule has 0 fully saturated rings. The Morgan fingerprint density at radius 1 is 0.690 bits per heavy atom. The highest BCUT2D eigenvalue weighted by atomic mass is 31.2. The number of unbranched alkanes of at least 4 members (excludes halogenated alkanes) is 16. The standard InChI is InChI=1S/C32H64NO8P/c1-6-7-8-9-10-11-12-13-14-15-16-17-18-19-20-22-25-38-28-31(41-32(35)27-30(2)34)29-40-42(36,37)39-26-23-21-24-33(3,4)5/h31H,6-29H2,1-5H3/p+1. The largest absolute Gasteiger partial charge is 0.472 e. The van der Waals surface area contributed by atoms with Crippen LogP contribution in [0.1, 0.15) is 136 Å². The van der Waals surface area contributed by atoms with Gasteiger partial charge in [0.15, 0.2) is 0 Å². The van der Waals surface area contributed by atoms with Crippen molar-refractivity contribution in [1.29, 1.82) is 0 Å². The zero-order valence-electron chi connectivity index (χ0n) is 27.7. The molecule has 1 N–H and O–H groups in total. The number of phosphoric acid groups is 1. The van der Waals surface area contributed by atoms with Gasteiger partial charge >= 0.3 is 13.8 Å². The number of rotatable bonds is 31. The van der Waals surface area contributed by atoms with E-state index in [1.807, 2.05) is 0 Å². The summed E-state index contributed by atoms with van der Waals surface area (Å²) in [6, 6.07) is 0. The normalized spacial score (nSPS) is 14.0. The molecule has 0 amide bonds. The van der Waals surface area contributed by atoms with Gasteiger partial charge in [-0.15, -0.1) is 0 Å². The van der Waals surface area contributed by atoms with Gasteiger partial charge in [-0.1, -0.05) is 103 Å². The van der Waals surface area contributed by atoms with Crippen LogP contribution in [0.5, 0.6) is 0 Å². The second kappa shape index (κ2) is 26.6. The fraction of sp³-hybridized carbons (Fsp3) is 0.938. The Bertz CT molecular complexity index is 713. The van der Waals surface area contributed by atoms with Crippen molar-refractivity contribution in [3.8, 4) is 0 Å². The van der Waals surface area contributed by atoms with Crippen molar-refractivity contribution >= 4 is 19.6 Å². The SMILES string of the molecule is CCCCCCCCCCCCCCCCCCOCC(COP(=O)(O)OCCCC[N+](C)(C)C)OC(=O)CC(C)=O. The molecule has 0 aromatic rings. The van der Waals surface area contributed by atoms with Crippen molar-refractivity contribution in [3.05, 3.63) is 0 Å². The summed E-state index contributed by atoms with van der Waals surface area (Å²) in [6.07, 6.45) is 20.9. The van der Waals surface area contributed by atoms with Crippen molar-refractivity contribution in [3.63, 3.8) is 0 Å². The van der Waals surface area contributed by atoms with E-state index in [4.69, 9.17) is 18.5 Å². The average molecular weight is 623 g/mol. The summed E-state index contributed by atoms with van der Waals surface area (Å²) >= 11 is 0. The Balaban J connectivity index is 4.01. The van der Waals surface area contributed by atoms with Gasteiger partial charge in [-0.3, -0.25) is 18.6 Å². The highest BCUT2D eigenvalue weighted by Gasteiger charge is 2.25. The van der Waals surface area contributed by atoms with Gasteiger partial charge in [-0.05, 0) is 26.2 Å². The second-order valence-corrected chi connectivity index (χ2v) is 14.1. The monoisotopic (exact) mass is 622 g/mol. The summed E-state index contributed by atoms with van der Waals surface area (Å²) in [5.41, 5.74) is 0. The minimum Gasteiger partial charge on any atom is -0.457 e. The summed E-state index contributed by atoms with van der Waals surface area (Å²) < 4.78 is 34.1. The molecule has 2 atom stereocenters. The fourth-order valence-corrected chi connectivity index (χ4v) is 5.39. The Kier molecular flexibility index (Phi) is 26.0. The number of Topliss-reactive ketones (excluding diaryl/α,β-unsaturated/α-hetero) is 1. The van der Waals surface area contributed by atoms with Crippen molar-refractivity contribution in [2.24, 2.45) is 0 Å². The molecule has 0 spiro atoms. The Morgan fingerprint density at radius 2 is 1.17 bits per heavy atom. The van der Waals surface area contributed by atoms with E-state index in [2.05, 4.69) is 28.1 Å². The molecule has 0 aliphatic carbocycles. The molecule has 0 saturated heterocycles. The zero-order chi connectivity index (χ0) is 31.5. The molecule has 0 aliphatic rings. The summed E-state index contributed by atoms with van der Waals surface area (Å²) in [7, 11) is 1.95. The summed E-state index contributed by atoms with van der Waals surface area (Å²) in [5.74, 6) is -1.03. The van der Waals surface area contributed by atoms with Crippen LogP contribution in [0.25, 0.3) is 0 Å². The van der Waals surface area contributed by atoms with Crippen LogP contribution >= 0.6 is 7.82 Å². The minimum absolute atomic E-state index is 0.0197. The first-order valence-corrected chi connectivity index (χ1v) is 18.1. The lowest BCUT2D eigenvalue weighted by molar-refractivity contribution is -0.870. The topological polar surface area (TPSA) is 108 Å². The molecule has 0 aliphatic heterocycles. The number of esters is 1. The first kappa shape index (κ1) is 41.2. The smallest absolute Gasteiger partial charge is 0.457 e. The molecule has 250 valence electrons. The number of quaternary nitrogens is 1. The molecular formula is C32H65NO8P+. The number of carbonyl (C=O) groups excluding carboxylic acids is 2. The predicted octanol–water partition coefficient (Wildman–Crippen LogP) is 7.78. The number of ketones is 1. The van der Waals surface area contributed by atoms with Gasteiger partial charge in [0.05, 0.1) is 47.5 Å². The van der Waals surface area contributed by atoms with Gasteiger partial charge in [0.1, 0.15) is 18.3 Å². The van der Waals surface area contributed by atoms with E-state index < -0.39 is 19.9 Å². The molecule has 0 aromatic carbocycles. The fourth-order valence-electron chi connectivity index (χ4n) is 4.60. The molecule has 0 radical (unpaired) electrons. The predicted molar refractivity (Wildman–Crippen MR) is 169 cm³/mol. The van der Waals surface area contributed by atoms with Gasteiger partial charge in [0.25, 0.3) is 0 Å². The van der Waals surface area contributed by atoms with Crippen molar-refractivity contribution in [2.75, 3.05) is 54.1 Å². The number of nitrogens with zero attached hydrogens (tertiary/aromatic N) is 1. The van der Waals surface area contributed by atoms with Crippen LogP contribution in [0.2, 0.25) is 0 Å². The van der Waals surface area contributed by atoms with Crippen molar-refractivity contribution in [2.45, 2.75) is 142 Å². The molecule has 42 heavy (non-hydrogen) atoms. The number of carbonyl (C=O) groups is 2. The van der Waals surface area contributed by atoms with Crippen LogP contribution in [0.4, 0.5) is 0 Å². The molecule has 0 saturated carbocycles. The van der Waals surface area contributed by atoms with Crippen LogP contribution in [-0.2, 0) is 32.7 Å². The van der Waals surface area contributed by atoms with Crippen LogP contribution in [0.3, 0.4) is 0 Å². The third-order valence-electron chi connectivity index (χ3n) is 7.04. The number of hydrogen-bond donors (Lipinski definition) is 1. The van der Waals surface area contributed by atoms with Gasteiger partial charge < -0.3 is 18.9 Å². The van der Waals surface area contributed by atoms with Gasteiger partial charge in [0, 0.05) is 6.61 Å². The van der Waals surface area contributed by atoms with E-state index in [-0.39, 0.29) is 32.0 Å². The summed E-state index contributed by atoms with van der Waals surface area (Å²) in [4.78, 5) is 33.2. The lowest BCUT2D eigenvalue weighted by Gasteiger charge is -2.23. The van der Waals surface area contributed by atoms with Crippen molar-refractivity contribution < 1.29 is 42.1 Å². The zero-order valence-corrected chi connectivity index (χ0v) is 28.6. The lowest BCUT2D eigenvalue weighted by atomic mass is 10.0. The Hall–Kier alpha value is -0.830. The first-order chi connectivity index (χ1) is 19.9. The maximum Gasteiger partial charge on any atom is 0.472 e. The number of ether oxygens (including phenoxy) is 2. The van der Waals surface area contributed by atoms with Crippen LogP contribution < -0.4 is 0 Å². The Labute approximate surface area is 257 Å². The van der Waals surface area contributed by atoms with Crippen LogP contribution in [0.15, 0.2) is 0 Å². The quantitative estimate of drug-likeness (QED) is 0.0275. The van der Waals surface area contributed by atoms with Crippen LogP contribution in [-0.4, -0.2) is 81.3 Å². The molecule has 0 rings (SSSR count). The van der Waals surface area contributed by atoms with E-state index in [1.54, 1.807) is 0 Å². The molecule has 0 bridgehead atoms. The third kappa shape index (κ3) is 30.6. The maximum absolute atomic E-state index is 12.3. The summed E-state index contributed by atoms with van der Waals surface area (Å²) in [6.45, 7) is 4.75. The highest BCUT2D eigenvalue weighted by molar-refractivity contribution is 7.47.